The Morgan fingerprint density at radius 3 is 0.213 bits per heavy atom. The van der Waals surface area contributed by atoms with Gasteiger partial charge in [-0.25, -0.2) is 0 Å². The number of rotatable bonds is 0. The first-order valence-electron chi connectivity index (χ1n) is 5.11. The van der Waals surface area contributed by atoms with Crippen LogP contribution in [-0.4, -0.2) is 85.6 Å². The molecule has 0 aromatic rings. The van der Waals surface area contributed by atoms with Crippen LogP contribution in [-0.2, 0) is 134 Å². The molecule has 278 valence electrons. The fourth-order valence-corrected chi connectivity index (χ4v) is 0. The van der Waals surface area contributed by atoms with E-state index < -0.39 is 54.8 Å². The van der Waals surface area contributed by atoms with Crippen molar-refractivity contribution in [3.05, 3.63) is 0 Å². The van der Waals surface area contributed by atoms with E-state index >= 15 is 0 Å². The molecule has 0 saturated carbocycles. The molecule has 0 spiro atoms. The summed E-state index contributed by atoms with van der Waals surface area (Å²) in [6, 6.07) is 0. The van der Waals surface area contributed by atoms with E-state index in [1.54, 1.807) is 0 Å². The smallest absolute Gasteiger partial charge is 0.822 e. The standard InChI is InChI=1S/3Fe.3Mg.3Mn.7H3O4P.3H2O/c;;;;;;;;;7*1-5(2,3)4;;;/h;;;;;;;;;7*(H3,1,2,3,4);3*1H2/q3*+3;6*+2;;;;;;;;;;/p-21. The van der Waals surface area contributed by atoms with E-state index in [9.17, 15) is 0 Å². The predicted octanol–water partition coefficient (Wildman–Crippen LogP) is -23.4. The van der Waals surface area contributed by atoms with Crippen molar-refractivity contribution in [1.82, 2.24) is 0 Å². The Bertz CT molecular complexity index is 593. The van der Waals surface area contributed by atoms with E-state index in [2.05, 4.69) is 0 Å². The molecular weight excluding hydrogens is 1120 g/mol. The summed E-state index contributed by atoms with van der Waals surface area (Å²) in [4.78, 5) is 180. The van der Waals surface area contributed by atoms with Crippen LogP contribution in [0.1, 0.15) is 0 Å². The minimum Gasteiger partial charge on any atom is -0.822 e. The monoisotopic (exact) mass is 1120 g/mol. The van der Waals surface area contributed by atoms with E-state index in [-0.39, 0.29) is 188 Å². The maximum absolute atomic E-state index is 8.55. The molecule has 0 heterocycles. The zero-order valence-electron chi connectivity index (χ0n) is 20.4. The summed E-state index contributed by atoms with van der Waals surface area (Å²) in [5, 5.41) is 0. The van der Waals surface area contributed by atoms with Crippen LogP contribution >= 0.6 is 54.8 Å². The third-order valence-corrected chi connectivity index (χ3v) is 0. The molecule has 0 atom stereocenters. The van der Waals surface area contributed by atoms with Gasteiger partial charge < -0.3 is 151 Å². The van der Waals surface area contributed by atoms with Gasteiger partial charge in [0.05, 0.1) is 0 Å². The van der Waals surface area contributed by atoms with Crippen LogP contribution in [0.3, 0.4) is 0 Å². The van der Waals surface area contributed by atoms with Gasteiger partial charge in [0, 0.05) is 0 Å². The van der Waals surface area contributed by atoms with Gasteiger partial charge in [-0.1, -0.05) is 0 Å². The summed E-state index contributed by atoms with van der Waals surface area (Å²) in [7, 11) is -37.7. The molecule has 0 amide bonds. The second-order valence-electron chi connectivity index (χ2n) is 3.13. The first kappa shape index (κ1) is 124. The van der Waals surface area contributed by atoms with Crippen LogP contribution in [0.25, 0.3) is 0 Å². The summed E-state index contributed by atoms with van der Waals surface area (Å²) in [6.07, 6.45) is 0. The summed E-state index contributed by atoms with van der Waals surface area (Å²) in [5.74, 6) is 0. The fourth-order valence-electron chi connectivity index (χ4n) is 0. The number of hydrogen-bond donors (Lipinski definition) is 0. The van der Waals surface area contributed by atoms with Gasteiger partial charge in [0.2, 0.25) is 0 Å². The Balaban J connectivity index is -0.0000000110. The maximum atomic E-state index is 8.55. The van der Waals surface area contributed by atoms with Crippen molar-refractivity contribution in [2.75, 3.05) is 0 Å². The van der Waals surface area contributed by atoms with Gasteiger partial charge in [-0.3, -0.25) is 0 Å². The summed E-state index contributed by atoms with van der Waals surface area (Å²) in [6.45, 7) is 0. The first-order valence-corrected chi connectivity index (χ1v) is 15.3. The molecule has 0 aromatic carbocycles. The van der Waals surface area contributed by atoms with Gasteiger partial charge in [-0.15, -0.1) is 0 Å². The molecule has 0 aliphatic heterocycles. The van der Waals surface area contributed by atoms with Crippen LogP contribution in [0.4, 0.5) is 0 Å². The largest absolute Gasteiger partial charge is 3.00 e. The third-order valence-electron chi connectivity index (χ3n) is 0. The van der Waals surface area contributed by atoms with E-state index in [0.29, 0.717) is 0 Å². The molecule has 47 heavy (non-hydrogen) atoms. The molecule has 0 unspecified atom stereocenters. The SMILES string of the molecule is O.O.O.O=P([O-])([O-])[O-].O=P([O-])([O-])[O-].O=P([O-])([O-])[O-].O=P([O-])([O-])[O-].O=P([O-])([O-])[O-].O=P([O-])([O-])[O-].O=P([O-])([O-])[O-].[Fe+3].[Fe+3].[Fe+3].[Mg+2].[Mg+2].[Mg+2].[Mn+2].[Mn+2].[Mn+2]. The van der Waals surface area contributed by atoms with Gasteiger partial charge in [0.25, 0.3) is 0 Å². The molecule has 47 heteroatoms. The summed E-state index contributed by atoms with van der Waals surface area (Å²) >= 11 is 0. The molecule has 31 nitrogen and oxygen atoms in total. The molecular formula is H6Fe3Mg3Mn3O31P7. The van der Waals surface area contributed by atoms with Crippen LogP contribution in [0.2, 0.25) is 0 Å². The van der Waals surface area contributed by atoms with Crippen LogP contribution < -0.4 is 103 Å². The summed E-state index contributed by atoms with van der Waals surface area (Å²) < 4.78 is 59.8. The molecule has 0 fully saturated rings. The second-order valence-corrected chi connectivity index (χ2v) is 9.39. The quantitative estimate of drug-likeness (QED) is 0.161. The average molecular weight is 1120 g/mol. The predicted molar refractivity (Wildman–Crippen MR) is 81.3 cm³/mol. The Kier molecular flexibility index (Phi) is 155. The van der Waals surface area contributed by atoms with Crippen molar-refractivity contribution in [1.29, 1.82) is 0 Å². The van der Waals surface area contributed by atoms with Crippen LogP contribution in [0, 0.1) is 0 Å². The Morgan fingerprint density at radius 2 is 0.213 bits per heavy atom. The van der Waals surface area contributed by atoms with Crippen LogP contribution in [0.15, 0.2) is 0 Å². The van der Waals surface area contributed by atoms with Crippen molar-refractivity contribution in [2.24, 2.45) is 0 Å². The van der Waals surface area contributed by atoms with E-state index in [4.69, 9.17) is 135 Å². The summed E-state index contributed by atoms with van der Waals surface area (Å²) in [5.41, 5.74) is 0. The molecule has 0 aromatic heterocycles. The van der Waals surface area contributed by atoms with Gasteiger partial charge in [-0.2, -0.15) is 54.8 Å². The first-order chi connectivity index (χ1) is 14.0. The van der Waals surface area contributed by atoms with Gasteiger partial charge >= 0.3 is 172 Å². The van der Waals surface area contributed by atoms with Crippen molar-refractivity contribution < 1.29 is 254 Å². The Morgan fingerprint density at radius 1 is 0.213 bits per heavy atom. The minimum absolute atomic E-state index is 0. The van der Waals surface area contributed by atoms with E-state index in [1.807, 2.05) is 0 Å². The molecule has 0 aliphatic rings. The second kappa shape index (κ2) is 58.8. The molecule has 0 rings (SSSR count). The van der Waals surface area contributed by atoms with Gasteiger partial charge in [0.15, 0.2) is 0 Å². The van der Waals surface area contributed by atoms with E-state index in [1.165, 1.54) is 0 Å². The molecule has 0 aliphatic carbocycles. The van der Waals surface area contributed by atoms with Crippen molar-refractivity contribution >= 4 is 124 Å². The Hall–Kier alpha value is 6.07. The zero-order valence-corrected chi connectivity index (χ0v) is 37.7. The maximum Gasteiger partial charge on any atom is 3.00 e. The van der Waals surface area contributed by atoms with Crippen molar-refractivity contribution in [3.63, 3.8) is 0 Å². The van der Waals surface area contributed by atoms with Gasteiger partial charge in [0.1, 0.15) is 0 Å². The Labute approximate surface area is 373 Å². The molecule has 6 N–H and O–H groups in total. The molecule has 0 saturated heterocycles. The number of hydrogen-bond acceptors (Lipinski definition) is 28. The van der Waals surface area contributed by atoms with Crippen LogP contribution in [0.5, 0.6) is 0 Å². The number of phosphoric acid groups is 7. The minimum atomic E-state index is -5.39. The fraction of sp³-hybridized carbons (Fsp3) is 0. The van der Waals surface area contributed by atoms with Crippen molar-refractivity contribution in [2.45, 2.75) is 0 Å². The average Bonchev–Trinajstić information content (AvgIpc) is 2.06. The molecule has 0 bridgehead atoms. The normalized spacial score (nSPS) is 8.79. The third kappa shape index (κ3) is 3550. The molecule has 6 radical (unpaired) electrons. The zero-order chi connectivity index (χ0) is 31.5. The topological polar surface area (TPSA) is 698 Å². The van der Waals surface area contributed by atoms with Crippen molar-refractivity contribution in [3.8, 4) is 0 Å². The van der Waals surface area contributed by atoms with Gasteiger partial charge in [-0.05, 0) is 0 Å². The van der Waals surface area contributed by atoms with E-state index in [0.717, 1.165) is 0 Å².